The highest BCUT2D eigenvalue weighted by molar-refractivity contribution is 6.30. The summed E-state index contributed by atoms with van der Waals surface area (Å²) in [5, 5.41) is 39.8. The van der Waals surface area contributed by atoms with Crippen molar-refractivity contribution in [3.8, 4) is 5.75 Å². The second kappa shape index (κ2) is 12.0. The maximum atomic E-state index is 10.5. The Labute approximate surface area is 176 Å². The molecule has 0 heterocycles. The molecule has 1 saturated carbocycles. The number of halogens is 1. The first kappa shape index (κ1) is 23.4. The molecule has 1 aromatic carbocycles. The van der Waals surface area contributed by atoms with Crippen LogP contribution < -0.4 is 4.74 Å². The van der Waals surface area contributed by atoms with Crippen LogP contribution in [0.25, 0.3) is 0 Å². The Balaban J connectivity index is 1.83. The SMILES string of the molecule is O=C(O)CCC/C=C/C[C@@H]1[C@@H](C=C[C@H](O)COc2cccc(Cl)c2)[C@H](O)C[C@@H]1O. The molecule has 0 amide bonds. The number of benzene rings is 1. The van der Waals surface area contributed by atoms with E-state index in [9.17, 15) is 20.1 Å². The molecule has 0 spiro atoms. The van der Waals surface area contributed by atoms with E-state index in [2.05, 4.69) is 0 Å². The summed E-state index contributed by atoms with van der Waals surface area (Å²) in [6.07, 6.45) is 7.26. The standard InChI is InChI=1S/C22H29ClO6/c23-15-6-5-7-17(12-15)29-14-16(24)10-11-19-18(20(25)13-21(19)26)8-3-1-2-4-9-22(27)28/h1,3,5-7,10-12,16,18-21,24-26H,2,4,8-9,13-14H2,(H,27,28)/b3-1+,11-10?/t16-,18+,19+,20-,21+/m0/s1. The third-order valence-electron chi connectivity index (χ3n) is 5.02. The van der Waals surface area contributed by atoms with Crippen LogP contribution in [0, 0.1) is 11.8 Å². The number of carbonyl (C=O) groups is 1. The van der Waals surface area contributed by atoms with Crippen molar-refractivity contribution in [3.05, 3.63) is 53.6 Å². The topological polar surface area (TPSA) is 107 Å². The molecule has 0 radical (unpaired) electrons. The molecule has 1 aromatic rings. The number of carboxylic acid groups (broad SMARTS) is 1. The Morgan fingerprint density at radius 1 is 1.28 bits per heavy atom. The fraction of sp³-hybridized carbons (Fsp3) is 0.500. The fourth-order valence-electron chi connectivity index (χ4n) is 3.50. The molecule has 1 aliphatic carbocycles. The van der Waals surface area contributed by atoms with Crippen molar-refractivity contribution in [3.63, 3.8) is 0 Å². The van der Waals surface area contributed by atoms with Gasteiger partial charge in [0.05, 0.1) is 12.2 Å². The monoisotopic (exact) mass is 424 g/mol. The Bertz CT molecular complexity index is 704. The summed E-state index contributed by atoms with van der Waals surface area (Å²) in [6.45, 7) is 0.0519. The average molecular weight is 425 g/mol. The van der Waals surface area contributed by atoms with E-state index in [0.717, 1.165) is 0 Å². The first-order valence-electron chi connectivity index (χ1n) is 9.84. The minimum Gasteiger partial charge on any atom is -0.491 e. The maximum Gasteiger partial charge on any atom is 0.303 e. The molecule has 0 aliphatic heterocycles. The molecule has 1 aliphatic rings. The number of ether oxygens (including phenoxy) is 1. The van der Waals surface area contributed by atoms with Gasteiger partial charge in [-0.25, -0.2) is 0 Å². The molecule has 0 saturated heterocycles. The van der Waals surface area contributed by atoms with Gasteiger partial charge < -0.3 is 25.2 Å². The predicted octanol–water partition coefficient (Wildman–Crippen LogP) is 3.20. The van der Waals surface area contributed by atoms with Gasteiger partial charge >= 0.3 is 5.97 Å². The quantitative estimate of drug-likeness (QED) is 0.321. The van der Waals surface area contributed by atoms with Gasteiger partial charge in [0.2, 0.25) is 0 Å². The van der Waals surface area contributed by atoms with Crippen molar-refractivity contribution in [2.45, 2.75) is 50.4 Å². The molecule has 7 heteroatoms. The van der Waals surface area contributed by atoms with Crippen molar-refractivity contribution in [1.82, 2.24) is 0 Å². The van der Waals surface area contributed by atoms with Gasteiger partial charge in [-0.05, 0) is 43.4 Å². The Hall–Kier alpha value is -1.86. The zero-order valence-corrected chi connectivity index (χ0v) is 17.0. The van der Waals surface area contributed by atoms with Crippen LogP contribution >= 0.6 is 11.6 Å². The summed E-state index contributed by atoms with van der Waals surface area (Å²) in [5.41, 5.74) is 0. The zero-order valence-electron chi connectivity index (χ0n) is 16.2. The zero-order chi connectivity index (χ0) is 21.2. The van der Waals surface area contributed by atoms with Crippen molar-refractivity contribution in [2.75, 3.05) is 6.61 Å². The van der Waals surface area contributed by atoms with Crippen molar-refractivity contribution >= 4 is 17.6 Å². The smallest absolute Gasteiger partial charge is 0.303 e. The summed E-state index contributed by atoms with van der Waals surface area (Å²) >= 11 is 5.90. The number of allylic oxidation sites excluding steroid dienone is 2. The van der Waals surface area contributed by atoms with Crippen LogP contribution in [-0.4, -0.2) is 51.3 Å². The van der Waals surface area contributed by atoms with E-state index in [4.69, 9.17) is 21.4 Å². The van der Waals surface area contributed by atoms with Gasteiger partial charge in [0.25, 0.3) is 0 Å². The predicted molar refractivity (Wildman–Crippen MR) is 111 cm³/mol. The molecule has 5 atom stereocenters. The number of hydrogen-bond donors (Lipinski definition) is 4. The number of hydrogen-bond acceptors (Lipinski definition) is 5. The molecule has 2 rings (SSSR count). The average Bonchev–Trinajstić information content (AvgIpc) is 2.93. The number of aliphatic hydroxyl groups is 3. The number of rotatable bonds is 11. The van der Waals surface area contributed by atoms with Gasteiger partial charge in [0, 0.05) is 23.8 Å². The van der Waals surface area contributed by atoms with E-state index in [1.54, 1.807) is 36.4 Å². The van der Waals surface area contributed by atoms with E-state index < -0.39 is 24.3 Å². The highest BCUT2D eigenvalue weighted by Gasteiger charge is 2.39. The van der Waals surface area contributed by atoms with Gasteiger partial charge in [-0.2, -0.15) is 0 Å². The molecule has 0 unspecified atom stereocenters. The molecule has 29 heavy (non-hydrogen) atoms. The van der Waals surface area contributed by atoms with Crippen molar-refractivity contribution < 1.29 is 30.0 Å². The van der Waals surface area contributed by atoms with Gasteiger partial charge in [0.1, 0.15) is 18.5 Å². The van der Waals surface area contributed by atoms with Crippen LogP contribution in [0.2, 0.25) is 5.02 Å². The van der Waals surface area contributed by atoms with Crippen LogP contribution in [0.1, 0.15) is 32.1 Å². The molecular formula is C22H29ClO6. The molecule has 6 nitrogen and oxygen atoms in total. The van der Waals surface area contributed by atoms with Crippen molar-refractivity contribution in [2.24, 2.45) is 11.8 Å². The fourth-order valence-corrected chi connectivity index (χ4v) is 3.68. The summed E-state index contributed by atoms with van der Waals surface area (Å²) in [4.78, 5) is 10.5. The lowest BCUT2D eigenvalue weighted by atomic mass is 9.89. The third-order valence-corrected chi connectivity index (χ3v) is 5.26. The van der Waals surface area contributed by atoms with E-state index in [-0.39, 0.29) is 24.9 Å². The Morgan fingerprint density at radius 2 is 2.07 bits per heavy atom. The summed E-state index contributed by atoms with van der Waals surface area (Å²) in [6, 6.07) is 6.90. The van der Waals surface area contributed by atoms with Crippen LogP contribution in [0.4, 0.5) is 0 Å². The molecule has 0 bridgehead atoms. The van der Waals surface area contributed by atoms with E-state index >= 15 is 0 Å². The lowest BCUT2D eigenvalue weighted by molar-refractivity contribution is -0.137. The number of unbranched alkanes of at least 4 members (excludes halogenated alkanes) is 1. The molecular weight excluding hydrogens is 396 g/mol. The Morgan fingerprint density at radius 3 is 2.79 bits per heavy atom. The number of aliphatic hydroxyl groups excluding tert-OH is 3. The minimum absolute atomic E-state index is 0.0519. The third kappa shape index (κ3) is 8.19. The lowest BCUT2D eigenvalue weighted by Gasteiger charge is -2.19. The van der Waals surface area contributed by atoms with Gasteiger partial charge in [-0.3, -0.25) is 4.79 Å². The second-order valence-electron chi connectivity index (χ2n) is 7.33. The Kier molecular flexibility index (Phi) is 9.67. The normalized spacial score (nSPS) is 25.7. The van der Waals surface area contributed by atoms with Crippen LogP contribution in [0.15, 0.2) is 48.6 Å². The van der Waals surface area contributed by atoms with Crippen molar-refractivity contribution in [1.29, 1.82) is 0 Å². The molecule has 160 valence electrons. The summed E-state index contributed by atoms with van der Waals surface area (Å²) < 4.78 is 5.51. The van der Waals surface area contributed by atoms with E-state index in [0.29, 0.717) is 36.5 Å². The van der Waals surface area contributed by atoms with E-state index in [1.165, 1.54) is 0 Å². The largest absolute Gasteiger partial charge is 0.491 e. The number of aliphatic carboxylic acids is 1. The highest BCUT2D eigenvalue weighted by Crippen LogP contribution is 2.36. The van der Waals surface area contributed by atoms with Crippen LogP contribution in [0.3, 0.4) is 0 Å². The molecule has 4 N–H and O–H groups in total. The maximum absolute atomic E-state index is 10.5. The molecule has 0 aromatic heterocycles. The summed E-state index contributed by atoms with van der Waals surface area (Å²) in [7, 11) is 0. The van der Waals surface area contributed by atoms with Gasteiger partial charge in [-0.1, -0.05) is 42.0 Å². The van der Waals surface area contributed by atoms with Gasteiger partial charge in [-0.15, -0.1) is 0 Å². The minimum atomic E-state index is -0.855. The summed E-state index contributed by atoms with van der Waals surface area (Å²) in [5.74, 6) is -0.671. The van der Waals surface area contributed by atoms with E-state index in [1.807, 2.05) is 12.2 Å². The van der Waals surface area contributed by atoms with Crippen LogP contribution in [0.5, 0.6) is 5.75 Å². The number of carboxylic acids is 1. The first-order chi connectivity index (χ1) is 13.9. The molecule has 1 fully saturated rings. The first-order valence-corrected chi connectivity index (χ1v) is 10.2. The van der Waals surface area contributed by atoms with Gasteiger partial charge in [0.15, 0.2) is 0 Å². The second-order valence-corrected chi connectivity index (χ2v) is 7.76. The van der Waals surface area contributed by atoms with Crippen LogP contribution in [-0.2, 0) is 4.79 Å². The lowest BCUT2D eigenvalue weighted by Crippen LogP contribution is -2.21. The highest BCUT2D eigenvalue weighted by atomic mass is 35.5.